The second kappa shape index (κ2) is 7.95. The van der Waals surface area contributed by atoms with Crippen molar-refractivity contribution in [2.24, 2.45) is 0 Å². The molecule has 6 heteroatoms. The quantitative estimate of drug-likeness (QED) is 0.608. The van der Waals surface area contributed by atoms with Gasteiger partial charge < -0.3 is 15.0 Å². The number of aromatic amines is 1. The van der Waals surface area contributed by atoms with Gasteiger partial charge in [-0.1, -0.05) is 18.2 Å². The van der Waals surface area contributed by atoms with Crippen LogP contribution in [0.4, 0.5) is 0 Å². The van der Waals surface area contributed by atoms with Gasteiger partial charge in [0.1, 0.15) is 5.75 Å². The van der Waals surface area contributed by atoms with Gasteiger partial charge in [-0.15, -0.1) is 11.3 Å². The van der Waals surface area contributed by atoms with Crippen molar-refractivity contribution in [3.63, 3.8) is 0 Å². The highest BCUT2D eigenvalue weighted by Crippen LogP contribution is 2.14. The molecule has 4 nitrogen and oxygen atoms in total. The summed E-state index contributed by atoms with van der Waals surface area (Å²) in [5.74, 6) is 0.870. The first-order valence-corrected chi connectivity index (χ1v) is 8.01. The largest absolute Gasteiger partial charge is 0.494 e. The van der Waals surface area contributed by atoms with Gasteiger partial charge in [-0.3, -0.25) is 4.79 Å². The molecule has 0 aliphatic carbocycles. The van der Waals surface area contributed by atoms with Gasteiger partial charge in [-0.25, -0.2) is 0 Å². The summed E-state index contributed by atoms with van der Waals surface area (Å²) < 4.78 is 6.27. The molecular weight excluding hydrogens is 304 g/mol. The molecule has 0 fully saturated rings. The van der Waals surface area contributed by atoms with Crippen LogP contribution in [0.5, 0.6) is 5.75 Å². The molecule has 21 heavy (non-hydrogen) atoms. The van der Waals surface area contributed by atoms with Gasteiger partial charge in [-0.2, -0.15) is 0 Å². The van der Waals surface area contributed by atoms with Gasteiger partial charge in [0.2, 0.25) is 5.91 Å². The lowest BCUT2D eigenvalue weighted by Gasteiger charge is -2.07. The Morgan fingerprint density at radius 3 is 2.81 bits per heavy atom. The highest BCUT2D eigenvalue weighted by molar-refractivity contribution is 7.73. The summed E-state index contributed by atoms with van der Waals surface area (Å²) in [6.45, 7) is 3.13. The van der Waals surface area contributed by atoms with E-state index in [-0.39, 0.29) is 5.91 Å². The zero-order valence-electron chi connectivity index (χ0n) is 11.8. The van der Waals surface area contributed by atoms with E-state index in [1.165, 1.54) is 11.3 Å². The first kappa shape index (κ1) is 15.7. The fraction of sp³-hybridized carbons (Fsp3) is 0.333. The van der Waals surface area contributed by atoms with Crippen molar-refractivity contribution in [3.05, 3.63) is 44.9 Å². The zero-order valence-corrected chi connectivity index (χ0v) is 13.5. The van der Waals surface area contributed by atoms with E-state index in [0.717, 1.165) is 22.7 Å². The monoisotopic (exact) mass is 322 g/mol. The molecule has 2 rings (SSSR count). The van der Waals surface area contributed by atoms with E-state index in [4.69, 9.17) is 17.0 Å². The average Bonchev–Trinajstić information content (AvgIpc) is 2.77. The van der Waals surface area contributed by atoms with E-state index in [0.29, 0.717) is 23.5 Å². The number of nitrogens with one attached hydrogen (secondary N) is 2. The first-order chi connectivity index (χ1) is 10.1. The summed E-state index contributed by atoms with van der Waals surface area (Å²) in [6, 6.07) is 9.66. The van der Waals surface area contributed by atoms with Crippen molar-refractivity contribution in [1.82, 2.24) is 10.3 Å². The first-order valence-electron chi connectivity index (χ1n) is 6.78. The Morgan fingerprint density at radius 2 is 2.14 bits per heavy atom. The van der Waals surface area contributed by atoms with Crippen LogP contribution >= 0.6 is 23.6 Å². The SMILES string of the molecule is Cc1[nH]c(=S)sc1CC(=O)NCCCOc1ccccc1. The van der Waals surface area contributed by atoms with Gasteiger partial charge in [-0.05, 0) is 37.7 Å². The summed E-state index contributed by atoms with van der Waals surface area (Å²) >= 11 is 6.51. The molecule has 1 aromatic carbocycles. The minimum Gasteiger partial charge on any atom is -0.494 e. The Hall–Kier alpha value is -1.66. The standard InChI is InChI=1S/C15H18N2O2S2/c1-11-13(21-15(20)17-11)10-14(18)16-8-5-9-19-12-6-3-2-4-7-12/h2-4,6-7H,5,8-10H2,1H3,(H,16,18)(H,17,20). The molecule has 2 N–H and O–H groups in total. The number of thiazole rings is 1. The number of amides is 1. The number of rotatable bonds is 7. The molecule has 0 aliphatic rings. The van der Waals surface area contributed by atoms with Crippen molar-refractivity contribution < 1.29 is 9.53 Å². The molecule has 1 heterocycles. The van der Waals surface area contributed by atoms with E-state index in [1.54, 1.807) is 0 Å². The molecule has 0 aliphatic heterocycles. The summed E-state index contributed by atoms with van der Waals surface area (Å²) in [6.07, 6.45) is 1.16. The number of benzene rings is 1. The predicted octanol–water partition coefficient (Wildman–Crippen LogP) is 3.24. The Bertz CT molecular complexity index is 635. The predicted molar refractivity (Wildman–Crippen MR) is 87.5 cm³/mol. The van der Waals surface area contributed by atoms with Crippen LogP contribution in [0.15, 0.2) is 30.3 Å². The van der Waals surface area contributed by atoms with Crippen LogP contribution < -0.4 is 10.1 Å². The fourth-order valence-corrected chi connectivity index (χ4v) is 3.11. The maximum atomic E-state index is 11.8. The third-order valence-electron chi connectivity index (χ3n) is 2.90. The molecule has 1 aromatic heterocycles. The van der Waals surface area contributed by atoms with Crippen molar-refractivity contribution in [1.29, 1.82) is 0 Å². The van der Waals surface area contributed by atoms with Crippen molar-refractivity contribution >= 4 is 29.5 Å². The van der Waals surface area contributed by atoms with Crippen molar-refractivity contribution in [2.75, 3.05) is 13.2 Å². The minimum absolute atomic E-state index is 0.0167. The van der Waals surface area contributed by atoms with Gasteiger partial charge in [0.15, 0.2) is 3.95 Å². The minimum atomic E-state index is 0.0167. The number of hydrogen-bond acceptors (Lipinski definition) is 4. The van der Waals surface area contributed by atoms with Gasteiger partial charge in [0.05, 0.1) is 13.0 Å². The summed E-state index contributed by atoms with van der Waals surface area (Å²) in [5.41, 5.74) is 0.979. The van der Waals surface area contributed by atoms with E-state index < -0.39 is 0 Å². The Labute approximate surface area is 133 Å². The third kappa shape index (κ3) is 5.32. The normalized spacial score (nSPS) is 10.3. The van der Waals surface area contributed by atoms with Crippen LogP contribution in [0.2, 0.25) is 0 Å². The average molecular weight is 322 g/mol. The van der Waals surface area contributed by atoms with Gasteiger partial charge in [0, 0.05) is 17.1 Å². The van der Waals surface area contributed by atoms with Crippen LogP contribution in [0, 0.1) is 10.9 Å². The second-order valence-electron chi connectivity index (χ2n) is 4.60. The topological polar surface area (TPSA) is 54.1 Å². The number of carbonyl (C=O) groups excluding carboxylic acids is 1. The molecule has 2 aromatic rings. The molecule has 0 unspecified atom stereocenters. The summed E-state index contributed by atoms with van der Waals surface area (Å²) in [7, 11) is 0. The lowest BCUT2D eigenvalue weighted by Crippen LogP contribution is -2.27. The smallest absolute Gasteiger partial charge is 0.225 e. The van der Waals surface area contributed by atoms with Crippen LogP contribution in [0.3, 0.4) is 0 Å². The summed E-state index contributed by atoms with van der Waals surface area (Å²) in [4.78, 5) is 15.9. The number of carbonyl (C=O) groups is 1. The molecule has 0 saturated carbocycles. The number of aromatic nitrogens is 1. The van der Waals surface area contributed by atoms with E-state index in [1.807, 2.05) is 37.3 Å². The Kier molecular flexibility index (Phi) is 5.95. The van der Waals surface area contributed by atoms with E-state index >= 15 is 0 Å². The van der Waals surface area contributed by atoms with Crippen molar-refractivity contribution in [3.8, 4) is 5.75 Å². The fourth-order valence-electron chi connectivity index (χ4n) is 1.82. The number of hydrogen-bond donors (Lipinski definition) is 2. The highest BCUT2D eigenvalue weighted by atomic mass is 32.1. The number of H-pyrrole nitrogens is 1. The number of aryl methyl sites for hydroxylation is 1. The van der Waals surface area contributed by atoms with Crippen LogP contribution in [-0.2, 0) is 11.2 Å². The molecule has 0 radical (unpaired) electrons. The van der Waals surface area contributed by atoms with E-state index in [9.17, 15) is 4.79 Å². The molecular formula is C15H18N2O2S2. The summed E-state index contributed by atoms with van der Waals surface area (Å²) in [5, 5.41) is 2.89. The number of ether oxygens (including phenoxy) is 1. The van der Waals surface area contributed by atoms with Crippen LogP contribution in [-0.4, -0.2) is 24.0 Å². The van der Waals surface area contributed by atoms with E-state index in [2.05, 4.69) is 10.3 Å². The molecule has 1 amide bonds. The Balaban J connectivity index is 1.63. The van der Waals surface area contributed by atoms with Crippen molar-refractivity contribution in [2.45, 2.75) is 19.8 Å². The molecule has 0 saturated heterocycles. The molecule has 112 valence electrons. The van der Waals surface area contributed by atoms with Gasteiger partial charge >= 0.3 is 0 Å². The van der Waals surface area contributed by atoms with Crippen LogP contribution in [0.25, 0.3) is 0 Å². The highest BCUT2D eigenvalue weighted by Gasteiger charge is 2.08. The second-order valence-corrected chi connectivity index (χ2v) is 6.38. The maximum absolute atomic E-state index is 11.8. The third-order valence-corrected chi connectivity index (χ3v) is 4.24. The van der Waals surface area contributed by atoms with Crippen LogP contribution in [0.1, 0.15) is 17.0 Å². The van der Waals surface area contributed by atoms with Gasteiger partial charge in [0.25, 0.3) is 0 Å². The lowest BCUT2D eigenvalue weighted by atomic mass is 10.3. The zero-order chi connectivity index (χ0) is 15.1. The number of para-hydroxylation sites is 1. The lowest BCUT2D eigenvalue weighted by molar-refractivity contribution is -0.120. The maximum Gasteiger partial charge on any atom is 0.225 e. The molecule has 0 atom stereocenters. The molecule has 0 spiro atoms. The molecule has 0 bridgehead atoms. The Morgan fingerprint density at radius 1 is 1.38 bits per heavy atom.